The van der Waals surface area contributed by atoms with Crippen LogP contribution in [0, 0.1) is 6.92 Å². The number of aryl methyl sites for hydroxylation is 1. The molecule has 0 saturated carbocycles. The average Bonchev–Trinajstić information content (AvgIpc) is 2.68. The van der Waals surface area contributed by atoms with Crippen molar-refractivity contribution in [3.8, 4) is 5.75 Å². The molecule has 142 valence electrons. The molecule has 6 heteroatoms. The second kappa shape index (κ2) is 9.04. The van der Waals surface area contributed by atoms with E-state index in [1.807, 2.05) is 43.3 Å². The van der Waals surface area contributed by atoms with Crippen molar-refractivity contribution in [1.82, 2.24) is 10.2 Å². The topological polar surface area (TPSA) is 58.6 Å². The van der Waals surface area contributed by atoms with Gasteiger partial charge in [0.15, 0.2) is 6.61 Å². The summed E-state index contributed by atoms with van der Waals surface area (Å²) in [6.07, 6.45) is 1.49. The minimum atomic E-state index is -0.0798. The zero-order valence-corrected chi connectivity index (χ0v) is 16.9. The third-order valence-electron chi connectivity index (χ3n) is 4.65. The Kier molecular flexibility index (Phi) is 6.50. The first-order chi connectivity index (χ1) is 13.0. The summed E-state index contributed by atoms with van der Waals surface area (Å²) >= 11 is 3.38. The molecule has 5 nitrogen and oxygen atoms in total. The van der Waals surface area contributed by atoms with E-state index in [0.717, 1.165) is 22.9 Å². The maximum absolute atomic E-state index is 12.3. The van der Waals surface area contributed by atoms with Gasteiger partial charge in [-0.15, -0.1) is 0 Å². The third kappa shape index (κ3) is 5.57. The van der Waals surface area contributed by atoms with Crippen molar-refractivity contribution in [2.24, 2.45) is 0 Å². The van der Waals surface area contributed by atoms with Gasteiger partial charge < -0.3 is 15.0 Å². The number of carbonyl (C=O) groups excluding carboxylic acids is 2. The lowest BCUT2D eigenvalue weighted by Crippen LogP contribution is -2.47. The third-order valence-corrected chi connectivity index (χ3v) is 5.15. The van der Waals surface area contributed by atoms with Crippen LogP contribution in [0.1, 0.15) is 28.8 Å². The monoisotopic (exact) mass is 430 g/mol. The van der Waals surface area contributed by atoms with E-state index in [4.69, 9.17) is 4.74 Å². The van der Waals surface area contributed by atoms with Gasteiger partial charge in [0.2, 0.25) is 0 Å². The highest BCUT2D eigenvalue weighted by molar-refractivity contribution is 9.10. The number of likely N-dealkylation sites (tertiary alicyclic amines) is 1. The van der Waals surface area contributed by atoms with Gasteiger partial charge in [0, 0.05) is 29.2 Å². The smallest absolute Gasteiger partial charge is 0.260 e. The first kappa shape index (κ1) is 19.4. The van der Waals surface area contributed by atoms with Gasteiger partial charge in [0.25, 0.3) is 11.8 Å². The van der Waals surface area contributed by atoms with Gasteiger partial charge in [-0.05, 0) is 50.1 Å². The van der Waals surface area contributed by atoms with Crippen LogP contribution in [0.5, 0.6) is 5.75 Å². The minimum absolute atomic E-state index is 0.0210. The molecule has 27 heavy (non-hydrogen) atoms. The molecule has 0 aliphatic carbocycles. The van der Waals surface area contributed by atoms with Crippen molar-refractivity contribution < 1.29 is 14.3 Å². The maximum Gasteiger partial charge on any atom is 0.260 e. The van der Waals surface area contributed by atoms with Crippen molar-refractivity contribution in [3.63, 3.8) is 0 Å². The molecule has 0 unspecified atom stereocenters. The Hall–Kier alpha value is -2.34. The second-order valence-electron chi connectivity index (χ2n) is 6.74. The van der Waals surface area contributed by atoms with Crippen LogP contribution in [0.25, 0.3) is 0 Å². The van der Waals surface area contributed by atoms with Crippen LogP contribution in [0.3, 0.4) is 0 Å². The highest BCUT2D eigenvalue weighted by atomic mass is 79.9. The van der Waals surface area contributed by atoms with Crippen molar-refractivity contribution >= 4 is 27.7 Å². The molecule has 0 radical (unpaired) electrons. The largest absolute Gasteiger partial charge is 0.484 e. The quantitative estimate of drug-likeness (QED) is 0.788. The molecular weight excluding hydrogens is 408 g/mol. The highest BCUT2D eigenvalue weighted by Crippen LogP contribution is 2.15. The van der Waals surface area contributed by atoms with Gasteiger partial charge in [-0.25, -0.2) is 0 Å². The molecule has 0 aromatic heterocycles. The van der Waals surface area contributed by atoms with Crippen LogP contribution in [0.4, 0.5) is 0 Å². The summed E-state index contributed by atoms with van der Waals surface area (Å²) < 4.78 is 6.45. The molecule has 0 spiro atoms. The summed E-state index contributed by atoms with van der Waals surface area (Å²) in [4.78, 5) is 26.5. The molecule has 1 heterocycles. The first-order valence-corrected chi connectivity index (χ1v) is 9.84. The average molecular weight is 431 g/mol. The molecule has 1 N–H and O–H groups in total. The van der Waals surface area contributed by atoms with Gasteiger partial charge in [-0.3, -0.25) is 9.59 Å². The van der Waals surface area contributed by atoms with E-state index >= 15 is 0 Å². The lowest BCUT2D eigenvalue weighted by atomic mass is 10.0. The Bertz CT molecular complexity index is 799. The molecule has 3 rings (SSSR count). The van der Waals surface area contributed by atoms with Crippen LogP contribution in [0.15, 0.2) is 53.0 Å². The van der Waals surface area contributed by atoms with Crippen LogP contribution < -0.4 is 10.1 Å². The molecule has 0 bridgehead atoms. The van der Waals surface area contributed by atoms with Crippen LogP contribution in [-0.2, 0) is 4.79 Å². The SMILES string of the molecule is Cc1ccc(OCC(=O)N2CCC(NC(=O)c3cccc(Br)c3)CC2)cc1. The summed E-state index contributed by atoms with van der Waals surface area (Å²) in [5.74, 6) is 0.598. The second-order valence-corrected chi connectivity index (χ2v) is 7.66. The molecule has 1 saturated heterocycles. The summed E-state index contributed by atoms with van der Waals surface area (Å²) in [5, 5.41) is 3.06. The fraction of sp³-hybridized carbons (Fsp3) is 0.333. The van der Waals surface area contributed by atoms with Gasteiger partial charge in [0.05, 0.1) is 0 Å². The highest BCUT2D eigenvalue weighted by Gasteiger charge is 2.24. The standard InChI is InChI=1S/C21H23BrN2O3/c1-15-5-7-19(8-6-15)27-14-20(25)24-11-9-18(10-12-24)23-21(26)16-3-2-4-17(22)13-16/h2-8,13,18H,9-12,14H2,1H3,(H,23,26). The van der Waals surface area contributed by atoms with E-state index in [1.165, 1.54) is 0 Å². The fourth-order valence-electron chi connectivity index (χ4n) is 3.04. The number of nitrogens with zero attached hydrogens (tertiary/aromatic N) is 1. The lowest BCUT2D eigenvalue weighted by Gasteiger charge is -2.32. The Labute approximate surface area is 167 Å². The van der Waals surface area contributed by atoms with Crippen molar-refractivity contribution in [2.45, 2.75) is 25.8 Å². The van der Waals surface area contributed by atoms with Gasteiger partial charge in [0.1, 0.15) is 5.75 Å². The zero-order valence-electron chi connectivity index (χ0n) is 15.3. The number of nitrogens with one attached hydrogen (secondary N) is 1. The minimum Gasteiger partial charge on any atom is -0.484 e. The van der Waals surface area contributed by atoms with Gasteiger partial charge >= 0.3 is 0 Å². The molecule has 0 atom stereocenters. The summed E-state index contributed by atoms with van der Waals surface area (Å²) in [7, 11) is 0. The number of ether oxygens (including phenoxy) is 1. The van der Waals surface area contributed by atoms with Crippen LogP contribution in [-0.4, -0.2) is 42.5 Å². The lowest BCUT2D eigenvalue weighted by molar-refractivity contribution is -0.134. The Morgan fingerprint density at radius 2 is 1.85 bits per heavy atom. The van der Waals surface area contributed by atoms with Crippen molar-refractivity contribution in [3.05, 3.63) is 64.1 Å². The van der Waals surface area contributed by atoms with Crippen LogP contribution >= 0.6 is 15.9 Å². The number of amides is 2. The Balaban J connectivity index is 1.43. The zero-order chi connectivity index (χ0) is 19.2. The molecule has 2 amide bonds. The normalized spacial score (nSPS) is 14.7. The molecule has 2 aromatic carbocycles. The Morgan fingerprint density at radius 3 is 2.52 bits per heavy atom. The molecule has 2 aromatic rings. The number of piperidine rings is 1. The summed E-state index contributed by atoms with van der Waals surface area (Å²) in [6.45, 7) is 3.30. The molecule has 1 fully saturated rings. The van der Waals surface area contributed by atoms with Crippen molar-refractivity contribution in [1.29, 1.82) is 0 Å². The number of hydrogen-bond donors (Lipinski definition) is 1. The number of rotatable bonds is 5. The number of hydrogen-bond acceptors (Lipinski definition) is 3. The van der Waals surface area contributed by atoms with E-state index in [2.05, 4.69) is 21.2 Å². The van der Waals surface area contributed by atoms with E-state index < -0.39 is 0 Å². The van der Waals surface area contributed by atoms with Gasteiger partial charge in [-0.2, -0.15) is 0 Å². The number of benzene rings is 2. The predicted octanol–water partition coefficient (Wildman–Crippen LogP) is 3.56. The Morgan fingerprint density at radius 1 is 1.15 bits per heavy atom. The summed E-state index contributed by atoms with van der Waals surface area (Å²) in [6, 6.07) is 15.1. The first-order valence-electron chi connectivity index (χ1n) is 9.05. The maximum atomic E-state index is 12.3. The van der Waals surface area contributed by atoms with Crippen LogP contribution in [0.2, 0.25) is 0 Å². The number of carbonyl (C=O) groups is 2. The molecule has 1 aliphatic rings. The molecule has 1 aliphatic heterocycles. The predicted molar refractivity (Wildman–Crippen MR) is 108 cm³/mol. The number of halogens is 1. The van der Waals surface area contributed by atoms with Gasteiger partial charge in [-0.1, -0.05) is 39.7 Å². The van der Waals surface area contributed by atoms with E-state index in [0.29, 0.717) is 24.4 Å². The van der Waals surface area contributed by atoms with E-state index in [9.17, 15) is 9.59 Å². The van der Waals surface area contributed by atoms with Crippen molar-refractivity contribution in [2.75, 3.05) is 19.7 Å². The fourth-order valence-corrected chi connectivity index (χ4v) is 3.44. The summed E-state index contributed by atoms with van der Waals surface area (Å²) in [5.41, 5.74) is 1.79. The van der Waals surface area contributed by atoms with E-state index in [-0.39, 0.29) is 24.5 Å². The van der Waals surface area contributed by atoms with E-state index in [1.54, 1.807) is 17.0 Å². The molecular formula is C21H23BrN2O3.